The summed E-state index contributed by atoms with van der Waals surface area (Å²) in [7, 11) is 1.07. The van der Waals surface area contributed by atoms with Gasteiger partial charge in [-0.1, -0.05) is 31.5 Å². The number of carbonyl (C=O) groups is 1. The van der Waals surface area contributed by atoms with Crippen LogP contribution in [0, 0.1) is 40.5 Å². The molecule has 2 unspecified atom stereocenters. The van der Waals surface area contributed by atoms with Crippen LogP contribution in [-0.4, -0.2) is 19.3 Å². The summed E-state index contributed by atoms with van der Waals surface area (Å²) in [5.41, 5.74) is -3.08. The molecule has 1 aliphatic rings. The van der Waals surface area contributed by atoms with Gasteiger partial charge in [-0.2, -0.15) is 13.2 Å². The molecule has 2 rings (SSSR count). The van der Waals surface area contributed by atoms with Crippen molar-refractivity contribution in [2.45, 2.75) is 33.2 Å². The van der Waals surface area contributed by atoms with E-state index in [1.807, 2.05) is 0 Å². The second-order valence-electron chi connectivity index (χ2n) is 7.09. The Balaban J connectivity index is 2.18. The molecule has 11 heteroatoms. The molecule has 0 aromatic heterocycles. The lowest BCUT2D eigenvalue weighted by Gasteiger charge is -2.12. The number of esters is 1. The first-order valence-electron chi connectivity index (χ1n) is 8.18. The summed E-state index contributed by atoms with van der Waals surface area (Å²) in [6, 6.07) is 0. The van der Waals surface area contributed by atoms with E-state index in [1.165, 1.54) is 13.8 Å². The molecule has 0 radical (unpaired) electrons. The first kappa shape index (κ1) is 23.5. The van der Waals surface area contributed by atoms with Crippen molar-refractivity contribution in [3.8, 4) is 0 Å². The Kier molecular flexibility index (Phi) is 6.59. The van der Waals surface area contributed by atoms with E-state index in [2.05, 4.69) is 4.74 Å². The van der Waals surface area contributed by atoms with Crippen LogP contribution in [0.1, 0.15) is 25.0 Å². The second kappa shape index (κ2) is 8.14. The lowest BCUT2D eigenvalue weighted by Crippen LogP contribution is -2.15. The highest BCUT2D eigenvalue weighted by Gasteiger charge is 2.62. The van der Waals surface area contributed by atoms with Crippen LogP contribution in [0.2, 0.25) is 0 Å². The molecule has 1 aromatic carbocycles. The van der Waals surface area contributed by atoms with Crippen LogP contribution in [0.3, 0.4) is 0 Å². The number of rotatable bonds is 6. The molecule has 0 aliphatic heterocycles. The summed E-state index contributed by atoms with van der Waals surface area (Å²) >= 11 is 5.17. The number of benzene rings is 1. The molecule has 0 heterocycles. The Hall–Kier alpha value is -1.81. The molecule has 0 amide bonds. The average Bonchev–Trinajstić information content (AvgIpc) is 3.16. The van der Waals surface area contributed by atoms with Crippen LogP contribution in [-0.2, 0) is 27.5 Å². The van der Waals surface area contributed by atoms with Crippen molar-refractivity contribution in [2.75, 3.05) is 7.11 Å². The fourth-order valence-corrected chi connectivity index (χ4v) is 3.18. The smallest absolute Gasteiger partial charge is 0.426 e. The molecule has 1 aromatic rings. The van der Waals surface area contributed by atoms with Crippen molar-refractivity contribution >= 4 is 17.6 Å². The second-order valence-corrected chi connectivity index (χ2v) is 7.50. The van der Waals surface area contributed by atoms with Crippen molar-refractivity contribution < 1.29 is 45.0 Å². The molecule has 2 atom stereocenters. The molecule has 0 saturated heterocycles. The minimum Gasteiger partial charge on any atom is -0.460 e. The molecule has 3 nitrogen and oxygen atoms in total. The number of ether oxygens (including phenoxy) is 2. The van der Waals surface area contributed by atoms with E-state index < -0.39 is 82.0 Å². The highest BCUT2D eigenvalue weighted by Crippen LogP contribution is 2.60. The van der Waals surface area contributed by atoms with Crippen molar-refractivity contribution in [1.82, 2.24) is 0 Å². The predicted octanol–water partition coefficient (Wildman–Crippen LogP) is 5.39. The van der Waals surface area contributed by atoms with E-state index in [9.17, 15) is 35.5 Å². The minimum absolute atomic E-state index is 0.660. The molecular weight excluding hydrogens is 433 g/mol. The van der Waals surface area contributed by atoms with Crippen molar-refractivity contribution in [2.24, 2.45) is 17.3 Å². The topological polar surface area (TPSA) is 35.5 Å². The summed E-state index contributed by atoms with van der Waals surface area (Å²) in [6.45, 7) is 1.07. The number of alkyl halides is 3. The van der Waals surface area contributed by atoms with Crippen LogP contribution in [0.25, 0.3) is 0 Å². The number of carbonyl (C=O) groups excluding carboxylic acids is 1. The summed E-state index contributed by atoms with van der Waals surface area (Å²) in [5.74, 6) is -9.99. The van der Waals surface area contributed by atoms with Gasteiger partial charge in [0.2, 0.25) is 0 Å². The molecule has 1 fully saturated rings. The Bertz CT molecular complexity index is 820. The van der Waals surface area contributed by atoms with E-state index in [0.29, 0.717) is 6.08 Å². The van der Waals surface area contributed by atoms with E-state index in [-0.39, 0.29) is 0 Å². The van der Waals surface area contributed by atoms with Gasteiger partial charge in [0.25, 0.3) is 0 Å². The van der Waals surface area contributed by atoms with Crippen molar-refractivity contribution in [3.05, 3.63) is 45.5 Å². The van der Waals surface area contributed by atoms with Gasteiger partial charge in [0.05, 0.1) is 23.7 Å². The van der Waals surface area contributed by atoms with E-state index in [4.69, 9.17) is 16.3 Å². The standard InChI is InChI=1S/C18H16ClF7O3/c1-17(2)9(4-10(19)18(24,25)26)11(17)16(27)29-6-8-14(22)12(20)7(5-28-3)13(21)15(8)23/h4,9,11H,5-6H2,1-3H3. The van der Waals surface area contributed by atoms with E-state index in [1.54, 1.807) is 0 Å². The molecule has 1 saturated carbocycles. The average molecular weight is 449 g/mol. The van der Waals surface area contributed by atoms with E-state index >= 15 is 0 Å². The van der Waals surface area contributed by atoms with Crippen LogP contribution in [0.5, 0.6) is 0 Å². The van der Waals surface area contributed by atoms with Crippen molar-refractivity contribution in [3.63, 3.8) is 0 Å². The van der Waals surface area contributed by atoms with Crippen molar-refractivity contribution in [1.29, 1.82) is 0 Å². The Labute approximate surface area is 166 Å². The van der Waals surface area contributed by atoms with Gasteiger partial charge in [-0.3, -0.25) is 4.79 Å². The molecule has 162 valence electrons. The summed E-state index contributed by atoms with van der Waals surface area (Å²) in [4.78, 5) is 12.2. The first-order chi connectivity index (χ1) is 13.2. The largest absolute Gasteiger partial charge is 0.460 e. The molecular formula is C18H16ClF7O3. The zero-order valence-electron chi connectivity index (χ0n) is 15.4. The number of hydrogen-bond donors (Lipinski definition) is 0. The van der Waals surface area contributed by atoms with Crippen LogP contribution < -0.4 is 0 Å². The van der Waals surface area contributed by atoms with Gasteiger partial charge in [-0.15, -0.1) is 0 Å². The van der Waals surface area contributed by atoms with Gasteiger partial charge in [-0.05, 0) is 11.3 Å². The quantitative estimate of drug-likeness (QED) is 0.332. The molecule has 0 bridgehead atoms. The molecule has 29 heavy (non-hydrogen) atoms. The maximum absolute atomic E-state index is 14.0. The predicted molar refractivity (Wildman–Crippen MR) is 87.5 cm³/mol. The summed E-state index contributed by atoms with van der Waals surface area (Å²) < 4.78 is 103. The van der Waals surface area contributed by atoms with Gasteiger partial charge in [0.1, 0.15) is 11.6 Å². The Morgan fingerprint density at radius 2 is 1.48 bits per heavy atom. The third kappa shape index (κ3) is 4.53. The fraction of sp³-hybridized carbons (Fsp3) is 0.500. The molecule has 1 aliphatic carbocycles. The minimum atomic E-state index is -4.79. The first-order valence-corrected chi connectivity index (χ1v) is 8.56. The number of allylic oxidation sites excluding steroid dienone is 2. The zero-order valence-corrected chi connectivity index (χ0v) is 16.2. The third-order valence-electron chi connectivity index (χ3n) is 4.85. The fourth-order valence-electron chi connectivity index (χ4n) is 3.04. The number of halogens is 8. The lowest BCUT2D eigenvalue weighted by atomic mass is 10.1. The van der Waals surface area contributed by atoms with E-state index in [0.717, 1.165) is 7.11 Å². The van der Waals surface area contributed by atoms with Crippen LogP contribution in [0.15, 0.2) is 11.1 Å². The molecule has 0 N–H and O–H groups in total. The monoisotopic (exact) mass is 448 g/mol. The maximum atomic E-state index is 14.0. The lowest BCUT2D eigenvalue weighted by molar-refractivity contribution is -0.147. The number of hydrogen-bond acceptors (Lipinski definition) is 3. The van der Waals surface area contributed by atoms with Gasteiger partial charge < -0.3 is 9.47 Å². The normalized spacial score (nSPS) is 21.3. The summed E-state index contributed by atoms with van der Waals surface area (Å²) in [5, 5.41) is -1.42. The Morgan fingerprint density at radius 3 is 1.90 bits per heavy atom. The highest BCUT2D eigenvalue weighted by atomic mass is 35.5. The maximum Gasteiger partial charge on any atom is 0.426 e. The molecule has 0 spiro atoms. The third-order valence-corrected chi connectivity index (χ3v) is 5.19. The number of methoxy groups -OCH3 is 1. The zero-order chi connectivity index (χ0) is 22.3. The Morgan fingerprint density at radius 1 is 1.03 bits per heavy atom. The van der Waals surface area contributed by atoms with Gasteiger partial charge in [0.15, 0.2) is 23.3 Å². The van der Waals surface area contributed by atoms with Gasteiger partial charge in [-0.25, -0.2) is 17.6 Å². The van der Waals surface area contributed by atoms with Crippen LogP contribution >= 0.6 is 11.6 Å². The van der Waals surface area contributed by atoms with Gasteiger partial charge >= 0.3 is 12.1 Å². The SMILES string of the molecule is COCc1c(F)c(F)c(COC(=O)C2C(C=C(Cl)C(F)(F)F)C2(C)C)c(F)c1F. The van der Waals surface area contributed by atoms with Crippen LogP contribution in [0.4, 0.5) is 30.7 Å². The summed E-state index contributed by atoms with van der Waals surface area (Å²) in [6.07, 6.45) is -4.13. The highest BCUT2D eigenvalue weighted by molar-refractivity contribution is 6.30. The van der Waals surface area contributed by atoms with Gasteiger partial charge in [0, 0.05) is 7.11 Å².